The average Bonchev–Trinajstić information content (AvgIpc) is 2.90. The Hall–Kier alpha value is -3.88. The summed E-state index contributed by atoms with van der Waals surface area (Å²) in [6, 6.07) is 24.1. The van der Waals surface area contributed by atoms with Crippen molar-refractivity contribution in [2.45, 2.75) is 17.4 Å². The number of ether oxygens (including phenoxy) is 1. The fraction of sp³-hybridized carbons (Fsp3) is 0.111. The second-order valence-corrected chi connectivity index (χ2v) is 10.6. The lowest BCUT2D eigenvalue weighted by atomic mass is 10.1. The number of benzene rings is 3. The lowest BCUT2D eigenvalue weighted by molar-refractivity contribution is -0.122. The van der Waals surface area contributed by atoms with Gasteiger partial charge in [-0.3, -0.25) is 14.1 Å². The van der Waals surface area contributed by atoms with Crippen LogP contribution < -0.4 is 14.4 Å². The Morgan fingerprint density at radius 3 is 2.33 bits per heavy atom. The molecule has 0 bridgehead atoms. The van der Waals surface area contributed by atoms with Crippen molar-refractivity contribution in [3.63, 3.8) is 0 Å². The lowest BCUT2D eigenvalue weighted by Crippen LogP contribution is -2.48. The number of carbonyl (C=O) groups is 1. The Kier molecular flexibility index (Phi) is 6.63. The Morgan fingerprint density at radius 1 is 0.944 bits per heavy atom. The molecule has 7 nitrogen and oxygen atoms in total. The number of anilines is 2. The lowest BCUT2D eigenvalue weighted by Gasteiger charge is -2.34. The van der Waals surface area contributed by atoms with Crippen molar-refractivity contribution in [2.24, 2.45) is 0 Å². The SMILES string of the molecule is O=C(Nc1ccc(Cc2ccncc2)cc1)[C@@H]1CN(S(=O)(=O)c2ccc(Cl)cc2)c2ccccc2O1. The number of pyridine rings is 1. The van der Waals surface area contributed by atoms with Crippen LogP contribution in [0.1, 0.15) is 11.1 Å². The van der Waals surface area contributed by atoms with Gasteiger partial charge in [-0.15, -0.1) is 0 Å². The van der Waals surface area contributed by atoms with E-state index in [1.54, 1.807) is 36.7 Å². The molecule has 0 aliphatic carbocycles. The van der Waals surface area contributed by atoms with Crippen LogP contribution in [-0.4, -0.2) is 32.0 Å². The number of rotatable bonds is 6. The second kappa shape index (κ2) is 10.0. The topological polar surface area (TPSA) is 88.6 Å². The monoisotopic (exact) mass is 519 g/mol. The summed E-state index contributed by atoms with van der Waals surface area (Å²) in [5, 5.41) is 3.27. The van der Waals surface area contributed by atoms with Crippen LogP contribution in [-0.2, 0) is 21.2 Å². The van der Waals surface area contributed by atoms with Crippen LogP contribution in [0.25, 0.3) is 0 Å². The van der Waals surface area contributed by atoms with Gasteiger partial charge in [0, 0.05) is 23.1 Å². The first kappa shape index (κ1) is 23.8. The fourth-order valence-corrected chi connectivity index (χ4v) is 5.57. The highest BCUT2D eigenvalue weighted by molar-refractivity contribution is 7.92. The summed E-state index contributed by atoms with van der Waals surface area (Å²) in [7, 11) is -3.96. The third-order valence-electron chi connectivity index (χ3n) is 5.81. The number of nitrogens with zero attached hydrogens (tertiary/aromatic N) is 2. The quantitative estimate of drug-likeness (QED) is 0.390. The molecule has 4 aromatic rings. The van der Waals surface area contributed by atoms with Crippen molar-refractivity contribution in [1.29, 1.82) is 0 Å². The number of nitrogens with one attached hydrogen (secondary N) is 1. The van der Waals surface area contributed by atoms with Crippen LogP contribution in [0.15, 0.2) is 102 Å². The van der Waals surface area contributed by atoms with Crippen molar-refractivity contribution in [1.82, 2.24) is 4.98 Å². The second-order valence-electron chi connectivity index (χ2n) is 8.28. The van der Waals surface area contributed by atoms with Gasteiger partial charge in [-0.1, -0.05) is 35.9 Å². The molecule has 182 valence electrons. The molecular weight excluding hydrogens is 498 g/mol. The molecule has 9 heteroatoms. The van der Waals surface area contributed by atoms with E-state index in [1.165, 1.54) is 28.6 Å². The number of aromatic nitrogens is 1. The van der Waals surface area contributed by atoms with Gasteiger partial charge in [-0.2, -0.15) is 0 Å². The number of carbonyl (C=O) groups excluding carboxylic acids is 1. The number of hydrogen-bond donors (Lipinski definition) is 1. The Labute approximate surface area is 214 Å². The molecule has 0 spiro atoms. The number of amides is 1. The number of para-hydroxylation sites is 2. The average molecular weight is 520 g/mol. The molecule has 1 aliphatic heterocycles. The van der Waals surface area contributed by atoms with E-state index >= 15 is 0 Å². The number of sulfonamides is 1. The Bertz CT molecular complexity index is 1480. The minimum Gasteiger partial charge on any atom is -0.476 e. The van der Waals surface area contributed by atoms with Crippen LogP contribution in [0.3, 0.4) is 0 Å². The molecule has 0 fully saturated rings. The number of fused-ring (bicyclic) bond motifs is 1. The molecule has 1 aromatic heterocycles. The van der Waals surface area contributed by atoms with E-state index in [4.69, 9.17) is 16.3 Å². The zero-order chi connectivity index (χ0) is 25.1. The molecule has 1 atom stereocenters. The van der Waals surface area contributed by atoms with Gasteiger partial charge in [0.15, 0.2) is 6.10 Å². The van der Waals surface area contributed by atoms with Gasteiger partial charge in [-0.25, -0.2) is 8.42 Å². The molecule has 0 unspecified atom stereocenters. The predicted octanol–water partition coefficient (Wildman–Crippen LogP) is 4.92. The molecular formula is C27H22ClN3O4S. The third-order valence-corrected chi connectivity index (χ3v) is 7.85. The highest BCUT2D eigenvalue weighted by atomic mass is 35.5. The first-order valence-corrected chi connectivity index (χ1v) is 13.0. The highest BCUT2D eigenvalue weighted by Crippen LogP contribution is 2.37. The molecule has 0 radical (unpaired) electrons. The minimum absolute atomic E-state index is 0.0764. The van der Waals surface area contributed by atoms with Gasteiger partial charge in [0.05, 0.1) is 17.1 Å². The fourth-order valence-electron chi connectivity index (χ4n) is 3.97. The maximum absolute atomic E-state index is 13.5. The summed E-state index contributed by atoms with van der Waals surface area (Å²) in [4.78, 5) is 17.2. The van der Waals surface area contributed by atoms with Gasteiger partial charge in [0.25, 0.3) is 15.9 Å². The first-order valence-electron chi connectivity index (χ1n) is 11.2. The summed E-state index contributed by atoms with van der Waals surface area (Å²) in [5.74, 6) is -0.128. The molecule has 36 heavy (non-hydrogen) atoms. The van der Waals surface area contributed by atoms with Crippen LogP contribution in [0, 0.1) is 0 Å². The van der Waals surface area contributed by atoms with Gasteiger partial charge in [-0.05, 0) is 78.2 Å². The van der Waals surface area contributed by atoms with E-state index in [0.717, 1.165) is 17.5 Å². The summed E-state index contributed by atoms with van der Waals surface area (Å²) >= 11 is 5.94. The van der Waals surface area contributed by atoms with Crippen molar-refractivity contribution in [3.05, 3.63) is 113 Å². The smallest absolute Gasteiger partial charge is 0.267 e. The standard InChI is InChI=1S/C27H22ClN3O4S/c28-21-7-11-23(12-8-21)36(33,34)31-18-26(35-25-4-2-1-3-24(25)31)27(32)30-22-9-5-19(6-10-22)17-20-13-15-29-16-14-20/h1-16,26H,17-18H2,(H,30,32)/t26-/m0/s1. The maximum Gasteiger partial charge on any atom is 0.267 e. The zero-order valence-corrected chi connectivity index (χ0v) is 20.6. The van der Waals surface area contributed by atoms with Gasteiger partial charge in [0.2, 0.25) is 0 Å². The summed E-state index contributed by atoms with van der Waals surface area (Å²) in [6.45, 7) is -0.173. The van der Waals surface area contributed by atoms with E-state index in [9.17, 15) is 13.2 Å². The number of halogens is 1. The van der Waals surface area contributed by atoms with Crippen LogP contribution in [0.2, 0.25) is 5.02 Å². The van der Waals surface area contributed by atoms with E-state index < -0.39 is 22.0 Å². The molecule has 1 aliphatic rings. The largest absolute Gasteiger partial charge is 0.476 e. The molecule has 5 rings (SSSR count). The van der Waals surface area contributed by atoms with Gasteiger partial charge >= 0.3 is 0 Å². The Balaban J connectivity index is 1.34. The minimum atomic E-state index is -3.96. The van der Waals surface area contributed by atoms with Gasteiger partial charge < -0.3 is 10.1 Å². The van der Waals surface area contributed by atoms with Crippen LogP contribution in [0.4, 0.5) is 11.4 Å². The molecule has 0 saturated carbocycles. The van der Waals surface area contributed by atoms with E-state index in [2.05, 4.69) is 10.3 Å². The molecule has 1 amide bonds. The zero-order valence-electron chi connectivity index (χ0n) is 19.0. The van der Waals surface area contributed by atoms with E-state index in [1.807, 2.05) is 36.4 Å². The normalized spacial score (nSPS) is 15.0. The van der Waals surface area contributed by atoms with E-state index in [-0.39, 0.29) is 11.4 Å². The van der Waals surface area contributed by atoms with Crippen molar-refractivity contribution < 1.29 is 17.9 Å². The van der Waals surface area contributed by atoms with Crippen molar-refractivity contribution in [3.8, 4) is 5.75 Å². The molecule has 0 saturated heterocycles. The maximum atomic E-state index is 13.5. The summed E-state index contributed by atoms with van der Waals surface area (Å²) in [6.07, 6.45) is 3.21. The predicted molar refractivity (Wildman–Crippen MR) is 139 cm³/mol. The Morgan fingerprint density at radius 2 is 1.61 bits per heavy atom. The van der Waals surface area contributed by atoms with Crippen LogP contribution in [0.5, 0.6) is 5.75 Å². The first-order chi connectivity index (χ1) is 17.4. The van der Waals surface area contributed by atoms with Gasteiger partial charge in [0.1, 0.15) is 5.75 Å². The number of hydrogen-bond acceptors (Lipinski definition) is 5. The summed E-state index contributed by atoms with van der Waals surface area (Å²) in [5.41, 5.74) is 3.19. The molecule has 2 heterocycles. The highest BCUT2D eigenvalue weighted by Gasteiger charge is 2.37. The van der Waals surface area contributed by atoms with Crippen LogP contribution >= 0.6 is 11.6 Å². The van der Waals surface area contributed by atoms with Crippen molar-refractivity contribution >= 4 is 38.9 Å². The summed E-state index contributed by atoms with van der Waals surface area (Å²) < 4.78 is 34.0. The molecule has 1 N–H and O–H groups in total. The molecule has 3 aromatic carbocycles. The third kappa shape index (κ3) is 5.05. The van der Waals surface area contributed by atoms with E-state index in [0.29, 0.717) is 22.1 Å². The van der Waals surface area contributed by atoms with Crippen molar-refractivity contribution in [2.75, 3.05) is 16.2 Å².